The van der Waals surface area contributed by atoms with E-state index in [9.17, 15) is 9.59 Å². The van der Waals surface area contributed by atoms with E-state index in [0.29, 0.717) is 6.61 Å². The van der Waals surface area contributed by atoms with Gasteiger partial charge in [0.25, 0.3) is 0 Å². The van der Waals surface area contributed by atoms with Gasteiger partial charge in [-0.25, -0.2) is 9.59 Å². The molecule has 24 heavy (non-hydrogen) atoms. The molecule has 4 nitrogen and oxygen atoms in total. The predicted octanol–water partition coefficient (Wildman–Crippen LogP) is 5.20. The molecule has 0 N–H and O–H groups in total. The fraction of sp³-hybridized carbons (Fsp3) is 0.800. The summed E-state index contributed by atoms with van der Waals surface area (Å²) in [6.45, 7) is 8.42. The van der Waals surface area contributed by atoms with Crippen molar-refractivity contribution in [2.24, 2.45) is 5.92 Å². The highest BCUT2D eigenvalue weighted by molar-refractivity contribution is 5.91. The van der Waals surface area contributed by atoms with Gasteiger partial charge >= 0.3 is 11.9 Å². The number of hydrogen-bond acceptors (Lipinski definition) is 4. The average Bonchev–Trinajstić information content (AvgIpc) is 2.54. The second-order valence-electron chi connectivity index (χ2n) is 6.72. The van der Waals surface area contributed by atoms with Gasteiger partial charge in [-0.3, -0.25) is 0 Å². The van der Waals surface area contributed by atoms with Crippen LogP contribution >= 0.6 is 0 Å². The summed E-state index contributed by atoms with van der Waals surface area (Å²) in [5.74, 6) is -0.735. The summed E-state index contributed by atoms with van der Waals surface area (Å²) >= 11 is 0. The Kier molecular flexibility index (Phi) is 14.4. The van der Waals surface area contributed by atoms with Crippen molar-refractivity contribution in [1.82, 2.24) is 0 Å². The fourth-order valence-electron chi connectivity index (χ4n) is 2.13. The van der Waals surface area contributed by atoms with E-state index in [0.717, 1.165) is 25.0 Å². The van der Waals surface area contributed by atoms with Crippen LogP contribution in [0.3, 0.4) is 0 Å². The molecule has 4 heteroatoms. The molecule has 0 aliphatic carbocycles. The number of carbonyl (C=O) groups excluding carboxylic acids is 2. The van der Waals surface area contributed by atoms with Crippen LogP contribution in [0.15, 0.2) is 12.2 Å². The first-order valence-corrected chi connectivity index (χ1v) is 9.52. The van der Waals surface area contributed by atoms with E-state index in [1.54, 1.807) is 0 Å². The number of esters is 2. The zero-order valence-corrected chi connectivity index (χ0v) is 16.0. The fourth-order valence-corrected chi connectivity index (χ4v) is 2.13. The minimum Gasteiger partial charge on any atom is -0.463 e. The van der Waals surface area contributed by atoms with Crippen LogP contribution in [0.5, 0.6) is 0 Å². The Labute approximate surface area is 148 Å². The van der Waals surface area contributed by atoms with E-state index < -0.39 is 11.9 Å². The zero-order chi connectivity index (χ0) is 18.2. The highest BCUT2D eigenvalue weighted by Crippen LogP contribution is 2.09. The number of carbonyl (C=O) groups is 2. The van der Waals surface area contributed by atoms with Gasteiger partial charge in [-0.05, 0) is 19.3 Å². The maximum Gasteiger partial charge on any atom is 0.331 e. The Morgan fingerprint density at radius 2 is 1.29 bits per heavy atom. The van der Waals surface area contributed by atoms with Crippen LogP contribution in [-0.2, 0) is 19.1 Å². The number of unbranched alkanes of at least 4 members (excludes halogenated alkanes) is 8. The molecule has 0 aliphatic rings. The van der Waals surface area contributed by atoms with E-state index in [1.807, 2.05) is 20.8 Å². The Bertz CT molecular complexity index is 361. The molecular weight excluding hydrogens is 304 g/mol. The van der Waals surface area contributed by atoms with Crippen LogP contribution in [0.4, 0.5) is 0 Å². The first-order valence-electron chi connectivity index (χ1n) is 9.52. The molecular formula is C20H36O4. The van der Waals surface area contributed by atoms with Crippen LogP contribution in [0.2, 0.25) is 0 Å². The number of ether oxygens (including phenoxy) is 2. The third-order valence-corrected chi connectivity index (χ3v) is 4.09. The van der Waals surface area contributed by atoms with Crippen LogP contribution in [0.25, 0.3) is 0 Å². The summed E-state index contributed by atoms with van der Waals surface area (Å²) in [5.41, 5.74) is 0. The van der Waals surface area contributed by atoms with Crippen molar-refractivity contribution in [1.29, 1.82) is 0 Å². The smallest absolute Gasteiger partial charge is 0.331 e. The predicted molar refractivity (Wildman–Crippen MR) is 97.7 cm³/mol. The van der Waals surface area contributed by atoms with Crippen LogP contribution in [-0.4, -0.2) is 24.6 Å². The Balaban J connectivity index is 3.55. The van der Waals surface area contributed by atoms with Crippen molar-refractivity contribution in [2.45, 2.75) is 91.6 Å². The Morgan fingerprint density at radius 1 is 0.792 bits per heavy atom. The molecule has 0 spiro atoms. The highest BCUT2D eigenvalue weighted by Gasteiger charge is 2.11. The largest absolute Gasteiger partial charge is 0.463 e. The average molecular weight is 341 g/mol. The molecule has 0 radical (unpaired) electrons. The molecule has 0 bridgehead atoms. The Morgan fingerprint density at radius 3 is 1.83 bits per heavy atom. The summed E-state index contributed by atoms with van der Waals surface area (Å²) in [7, 11) is 0. The van der Waals surface area contributed by atoms with E-state index in [1.165, 1.54) is 44.9 Å². The molecule has 1 atom stereocenters. The maximum atomic E-state index is 11.5. The minimum atomic E-state index is -0.503. The molecule has 0 heterocycles. The number of hydrogen-bond donors (Lipinski definition) is 0. The third kappa shape index (κ3) is 14.3. The van der Waals surface area contributed by atoms with Gasteiger partial charge in [0.1, 0.15) is 6.10 Å². The first kappa shape index (κ1) is 22.7. The van der Waals surface area contributed by atoms with Gasteiger partial charge in [0.2, 0.25) is 0 Å². The lowest BCUT2D eigenvalue weighted by Gasteiger charge is -2.14. The summed E-state index contributed by atoms with van der Waals surface area (Å²) in [6.07, 6.45) is 13.1. The molecule has 0 amide bonds. The second-order valence-corrected chi connectivity index (χ2v) is 6.72. The van der Waals surface area contributed by atoms with Gasteiger partial charge in [-0.15, -0.1) is 0 Å². The molecule has 0 rings (SSSR count). The molecule has 0 aromatic heterocycles. The van der Waals surface area contributed by atoms with Crippen LogP contribution < -0.4 is 0 Å². The van der Waals surface area contributed by atoms with E-state index in [-0.39, 0.29) is 12.0 Å². The van der Waals surface area contributed by atoms with Gasteiger partial charge < -0.3 is 9.47 Å². The van der Waals surface area contributed by atoms with Gasteiger partial charge in [-0.1, -0.05) is 72.1 Å². The van der Waals surface area contributed by atoms with Gasteiger partial charge in [0.15, 0.2) is 0 Å². The number of rotatable bonds is 14. The first-order chi connectivity index (χ1) is 11.5. The lowest BCUT2D eigenvalue weighted by molar-refractivity contribution is -0.145. The Hall–Kier alpha value is -1.32. The zero-order valence-electron chi connectivity index (χ0n) is 16.0. The standard InChI is InChI=1S/C20H36O4/c1-5-6-7-8-9-10-11-12-13-16-23-19(21)14-15-20(22)24-18(4)17(2)3/h14-15,17-18H,5-13,16H2,1-4H3/b15-14+. The normalized spacial score (nSPS) is 12.5. The molecule has 140 valence electrons. The third-order valence-electron chi connectivity index (χ3n) is 4.09. The van der Waals surface area contributed by atoms with Crippen molar-refractivity contribution < 1.29 is 19.1 Å². The lowest BCUT2D eigenvalue weighted by Crippen LogP contribution is -2.19. The summed E-state index contributed by atoms with van der Waals surface area (Å²) in [4.78, 5) is 23.0. The van der Waals surface area contributed by atoms with Crippen molar-refractivity contribution in [3.8, 4) is 0 Å². The quantitative estimate of drug-likeness (QED) is 0.248. The van der Waals surface area contributed by atoms with Gasteiger partial charge in [-0.2, -0.15) is 0 Å². The molecule has 0 saturated heterocycles. The topological polar surface area (TPSA) is 52.6 Å². The van der Waals surface area contributed by atoms with Crippen molar-refractivity contribution >= 4 is 11.9 Å². The maximum absolute atomic E-state index is 11.5. The second kappa shape index (κ2) is 15.2. The molecule has 1 unspecified atom stereocenters. The molecule has 0 aromatic carbocycles. The molecule has 0 aromatic rings. The van der Waals surface area contributed by atoms with E-state index in [4.69, 9.17) is 9.47 Å². The summed E-state index contributed by atoms with van der Waals surface area (Å²) < 4.78 is 10.2. The van der Waals surface area contributed by atoms with Crippen molar-refractivity contribution in [3.05, 3.63) is 12.2 Å². The van der Waals surface area contributed by atoms with Crippen molar-refractivity contribution in [2.75, 3.05) is 6.61 Å². The summed E-state index contributed by atoms with van der Waals surface area (Å²) in [6, 6.07) is 0. The van der Waals surface area contributed by atoms with Gasteiger partial charge in [0.05, 0.1) is 6.61 Å². The van der Waals surface area contributed by atoms with Crippen LogP contribution in [0.1, 0.15) is 85.5 Å². The van der Waals surface area contributed by atoms with Gasteiger partial charge in [0, 0.05) is 12.2 Å². The molecule has 0 saturated carbocycles. The highest BCUT2D eigenvalue weighted by atomic mass is 16.5. The molecule has 0 aliphatic heterocycles. The monoisotopic (exact) mass is 340 g/mol. The molecule has 0 fully saturated rings. The van der Waals surface area contributed by atoms with Crippen molar-refractivity contribution in [3.63, 3.8) is 0 Å². The van der Waals surface area contributed by atoms with E-state index in [2.05, 4.69) is 6.92 Å². The van der Waals surface area contributed by atoms with E-state index >= 15 is 0 Å². The minimum absolute atomic E-state index is 0.167. The van der Waals surface area contributed by atoms with Crippen LogP contribution in [0, 0.1) is 5.92 Å². The SMILES string of the molecule is CCCCCCCCCCCOC(=O)/C=C/C(=O)OC(C)C(C)C. The lowest BCUT2D eigenvalue weighted by atomic mass is 10.1. The summed E-state index contributed by atoms with van der Waals surface area (Å²) in [5, 5.41) is 0.